The minimum absolute atomic E-state index is 0.117. The largest absolute Gasteiger partial charge is 0.485 e. The summed E-state index contributed by atoms with van der Waals surface area (Å²) in [7, 11) is 1.82. The molecule has 0 unspecified atom stereocenters. The van der Waals surface area contributed by atoms with Gasteiger partial charge in [0.05, 0.1) is 13.2 Å². The molecule has 0 amide bonds. The van der Waals surface area contributed by atoms with E-state index in [9.17, 15) is 4.39 Å². The van der Waals surface area contributed by atoms with Crippen LogP contribution in [0.15, 0.2) is 18.2 Å². The maximum Gasteiger partial charge on any atom is 0.145 e. The molecule has 1 N–H and O–H groups in total. The Morgan fingerprint density at radius 1 is 1.53 bits per heavy atom. The Bertz CT molecular complexity index is 339. The highest BCUT2D eigenvalue weighted by atomic mass is 19.1. The van der Waals surface area contributed by atoms with Gasteiger partial charge in [0.25, 0.3) is 0 Å². The van der Waals surface area contributed by atoms with Crippen LogP contribution in [0.3, 0.4) is 0 Å². The van der Waals surface area contributed by atoms with Gasteiger partial charge >= 0.3 is 0 Å². The predicted molar refractivity (Wildman–Crippen MR) is 54.4 cm³/mol. The number of rotatable bonds is 4. The summed E-state index contributed by atoms with van der Waals surface area (Å²) in [5.41, 5.74) is 0.837. The van der Waals surface area contributed by atoms with E-state index in [1.54, 1.807) is 6.07 Å². The van der Waals surface area contributed by atoms with E-state index in [0.717, 1.165) is 11.3 Å². The summed E-state index contributed by atoms with van der Waals surface area (Å²) in [5, 5.41) is 2.98. The van der Waals surface area contributed by atoms with Crippen molar-refractivity contribution in [2.24, 2.45) is 0 Å². The molecule has 15 heavy (non-hydrogen) atoms. The van der Waals surface area contributed by atoms with E-state index >= 15 is 0 Å². The zero-order valence-electron chi connectivity index (χ0n) is 8.63. The van der Waals surface area contributed by atoms with Crippen molar-refractivity contribution in [3.05, 3.63) is 29.6 Å². The first kappa shape index (κ1) is 10.4. The van der Waals surface area contributed by atoms with E-state index in [2.05, 4.69) is 5.32 Å². The van der Waals surface area contributed by atoms with E-state index in [1.165, 1.54) is 12.1 Å². The van der Waals surface area contributed by atoms with Gasteiger partial charge in [-0.1, -0.05) is 0 Å². The van der Waals surface area contributed by atoms with Crippen molar-refractivity contribution < 1.29 is 13.9 Å². The molecule has 1 aliphatic heterocycles. The van der Waals surface area contributed by atoms with Gasteiger partial charge in [-0.25, -0.2) is 4.39 Å². The zero-order chi connectivity index (χ0) is 10.7. The Hall–Kier alpha value is -1.13. The summed E-state index contributed by atoms with van der Waals surface area (Å²) in [6, 6.07) is 4.57. The van der Waals surface area contributed by atoms with Gasteiger partial charge in [-0.3, -0.25) is 0 Å². The topological polar surface area (TPSA) is 30.5 Å². The fourth-order valence-electron chi connectivity index (χ4n) is 1.45. The Kier molecular flexibility index (Phi) is 3.18. The predicted octanol–water partition coefficient (Wildman–Crippen LogP) is 1.32. The second-order valence-corrected chi connectivity index (χ2v) is 3.56. The van der Waals surface area contributed by atoms with E-state index in [-0.39, 0.29) is 11.9 Å². The van der Waals surface area contributed by atoms with Gasteiger partial charge < -0.3 is 14.8 Å². The van der Waals surface area contributed by atoms with Gasteiger partial charge in [0.1, 0.15) is 17.7 Å². The van der Waals surface area contributed by atoms with Crippen LogP contribution in [0.5, 0.6) is 5.75 Å². The van der Waals surface area contributed by atoms with Gasteiger partial charge in [-0.2, -0.15) is 0 Å². The summed E-state index contributed by atoms with van der Waals surface area (Å²) >= 11 is 0. The molecule has 1 aromatic rings. The second-order valence-electron chi connectivity index (χ2n) is 3.56. The van der Waals surface area contributed by atoms with E-state index < -0.39 is 0 Å². The molecule has 0 aromatic heterocycles. The molecule has 1 heterocycles. The molecule has 1 aromatic carbocycles. The molecule has 0 radical (unpaired) electrons. The number of nitrogens with one attached hydrogen (secondary N) is 1. The highest BCUT2D eigenvalue weighted by Gasteiger charge is 2.21. The third kappa shape index (κ3) is 2.46. The lowest BCUT2D eigenvalue weighted by Crippen LogP contribution is -2.38. The molecule has 0 bridgehead atoms. The molecule has 1 fully saturated rings. The Morgan fingerprint density at radius 2 is 2.33 bits per heavy atom. The molecular formula is C11H14FNO2. The van der Waals surface area contributed by atoms with Gasteiger partial charge in [0.15, 0.2) is 0 Å². The van der Waals surface area contributed by atoms with E-state index in [4.69, 9.17) is 9.47 Å². The van der Waals surface area contributed by atoms with Crippen molar-refractivity contribution in [3.63, 3.8) is 0 Å². The normalized spacial score (nSPS) is 16.1. The molecule has 4 heteroatoms. The molecule has 0 spiro atoms. The molecule has 1 saturated heterocycles. The Balaban J connectivity index is 2.12. The summed E-state index contributed by atoms with van der Waals surface area (Å²) in [6.07, 6.45) is 0.117. The summed E-state index contributed by atoms with van der Waals surface area (Å²) in [6.45, 7) is 1.84. The van der Waals surface area contributed by atoms with Crippen LogP contribution in [-0.2, 0) is 11.3 Å². The smallest absolute Gasteiger partial charge is 0.145 e. The van der Waals surface area contributed by atoms with Crippen molar-refractivity contribution in [1.29, 1.82) is 0 Å². The highest BCUT2D eigenvalue weighted by Crippen LogP contribution is 2.22. The standard InChI is InChI=1S/C11H14FNO2/c1-13-5-8-4-9(12)2-3-11(8)15-10-6-14-7-10/h2-4,10,13H,5-7H2,1H3. The number of halogens is 1. The van der Waals surface area contributed by atoms with Gasteiger partial charge in [0.2, 0.25) is 0 Å². The maximum absolute atomic E-state index is 13.0. The van der Waals surface area contributed by atoms with Crippen LogP contribution in [0.2, 0.25) is 0 Å². The van der Waals surface area contributed by atoms with Crippen LogP contribution < -0.4 is 10.1 Å². The third-order valence-corrected chi connectivity index (χ3v) is 2.29. The number of benzene rings is 1. The lowest BCUT2D eigenvalue weighted by Gasteiger charge is -2.27. The minimum atomic E-state index is -0.238. The minimum Gasteiger partial charge on any atom is -0.485 e. The lowest BCUT2D eigenvalue weighted by atomic mass is 10.2. The van der Waals surface area contributed by atoms with Crippen molar-refractivity contribution in [2.45, 2.75) is 12.6 Å². The van der Waals surface area contributed by atoms with Gasteiger partial charge in [0, 0.05) is 12.1 Å². The van der Waals surface area contributed by atoms with Crippen LogP contribution in [0.4, 0.5) is 4.39 Å². The SMILES string of the molecule is CNCc1cc(F)ccc1OC1COC1. The van der Waals surface area contributed by atoms with Crippen molar-refractivity contribution in [3.8, 4) is 5.75 Å². The molecule has 82 valence electrons. The van der Waals surface area contributed by atoms with Crippen LogP contribution in [-0.4, -0.2) is 26.4 Å². The number of hydrogen-bond donors (Lipinski definition) is 1. The van der Waals surface area contributed by atoms with Crippen LogP contribution >= 0.6 is 0 Å². The highest BCUT2D eigenvalue weighted by molar-refractivity contribution is 5.34. The van der Waals surface area contributed by atoms with E-state index in [0.29, 0.717) is 19.8 Å². The van der Waals surface area contributed by atoms with Gasteiger partial charge in [-0.05, 0) is 25.2 Å². The molecule has 0 aliphatic carbocycles. The summed E-state index contributed by atoms with van der Waals surface area (Å²) in [4.78, 5) is 0. The fraction of sp³-hybridized carbons (Fsp3) is 0.455. The molecule has 1 aliphatic rings. The molecule has 3 nitrogen and oxygen atoms in total. The van der Waals surface area contributed by atoms with Crippen molar-refractivity contribution in [1.82, 2.24) is 5.32 Å². The van der Waals surface area contributed by atoms with E-state index in [1.807, 2.05) is 7.05 Å². The molecule has 0 atom stereocenters. The average molecular weight is 211 g/mol. The Morgan fingerprint density at radius 3 is 2.93 bits per heavy atom. The third-order valence-electron chi connectivity index (χ3n) is 2.29. The number of ether oxygens (including phenoxy) is 2. The van der Waals surface area contributed by atoms with Crippen molar-refractivity contribution >= 4 is 0 Å². The monoisotopic (exact) mass is 211 g/mol. The van der Waals surface area contributed by atoms with Gasteiger partial charge in [-0.15, -0.1) is 0 Å². The second kappa shape index (κ2) is 4.59. The Labute approximate surface area is 88.2 Å². The van der Waals surface area contributed by atoms with Crippen LogP contribution in [0, 0.1) is 5.82 Å². The zero-order valence-corrected chi connectivity index (χ0v) is 8.63. The summed E-state index contributed by atoms with van der Waals surface area (Å²) in [5.74, 6) is 0.497. The lowest BCUT2D eigenvalue weighted by molar-refractivity contribution is -0.0800. The molecule has 0 saturated carbocycles. The summed E-state index contributed by atoms with van der Waals surface area (Å²) < 4.78 is 23.7. The molecular weight excluding hydrogens is 197 g/mol. The fourth-order valence-corrected chi connectivity index (χ4v) is 1.45. The maximum atomic E-state index is 13.0. The first-order chi connectivity index (χ1) is 7.29. The quantitative estimate of drug-likeness (QED) is 0.814. The first-order valence-corrected chi connectivity index (χ1v) is 4.97. The van der Waals surface area contributed by atoms with Crippen molar-refractivity contribution in [2.75, 3.05) is 20.3 Å². The average Bonchev–Trinajstić information content (AvgIpc) is 2.14. The number of hydrogen-bond acceptors (Lipinski definition) is 3. The first-order valence-electron chi connectivity index (χ1n) is 4.97. The van der Waals surface area contributed by atoms with Crippen LogP contribution in [0.1, 0.15) is 5.56 Å². The molecule has 2 rings (SSSR count). The van der Waals surface area contributed by atoms with Crippen LogP contribution in [0.25, 0.3) is 0 Å².